The number of anilines is 1. The van der Waals surface area contributed by atoms with E-state index in [-0.39, 0.29) is 0 Å². The normalized spacial score (nSPS) is 19.2. The summed E-state index contributed by atoms with van der Waals surface area (Å²) in [5.74, 6) is 0. The SMILES string of the molecule is Cc1ccsc1N(C)CC(C)N1CCNCC1. The van der Waals surface area contributed by atoms with Gasteiger partial charge >= 0.3 is 0 Å². The Labute approximate surface area is 108 Å². The molecule has 3 nitrogen and oxygen atoms in total. The average molecular weight is 253 g/mol. The number of nitrogens with zero attached hydrogens (tertiary/aromatic N) is 2. The third-order valence-electron chi connectivity index (χ3n) is 3.49. The summed E-state index contributed by atoms with van der Waals surface area (Å²) >= 11 is 1.84. The van der Waals surface area contributed by atoms with Crippen molar-refractivity contribution in [2.75, 3.05) is 44.7 Å². The first-order valence-electron chi connectivity index (χ1n) is 6.38. The minimum atomic E-state index is 0.628. The molecule has 1 aliphatic heterocycles. The Hall–Kier alpha value is -0.580. The van der Waals surface area contributed by atoms with E-state index in [0.29, 0.717) is 6.04 Å². The lowest BCUT2D eigenvalue weighted by atomic mass is 10.2. The third-order valence-corrected chi connectivity index (χ3v) is 4.62. The first-order chi connectivity index (χ1) is 8.18. The fraction of sp³-hybridized carbons (Fsp3) is 0.692. The van der Waals surface area contributed by atoms with Crippen molar-refractivity contribution in [3.05, 3.63) is 17.0 Å². The Kier molecular flexibility index (Phi) is 4.42. The minimum Gasteiger partial charge on any atom is -0.365 e. The summed E-state index contributed by atoms with van der Waals surface area (Å²) in [5, 5.41) is 6.99. The Bertz CT molecular complexity index is 344. The molecule has 1 unspecified atom stereocenters. The highest BCUT2D eigenvalue weighted by Gasteiger charge is 2.18. The van der Waals surface area contributed by atoms with Crippen LogP contribution >= 0.6 is 11.3 Å². The van der Waals surface area contributed by atoms with Crippen LogP contribution in [0.25, 0.3) is 0 Å². The molecule has 1 aliphatic rings. The molecule has 1 aromatic heterocycles. The van der Waals surface area contributed by atoms with Gasteiger partial charge in [0.25, 0.3) is 0 Å². The van der Waals surface area contributed by atoms with Gasteiger partial charge < -0.3 is 10.2 Å². The van der Waals surface area contributed by atoms with Crippen LogP contribution in [0.5, 0.6) is 0 Å². The number of hydrogen-bond donors (Lipinski definition) is 1. The second-order valence-electron chi connectivity index (χ2n) is 4.92. The van der Waals surface area contributed by atoms with Crippen LogP contribution < -0.4 is 10.2 Å². The van der Waals surface area contributed by atoms with E-state index in [1.807, 2.05) is 11.3 Å². The van der Waals surface area contributed by atoms with Crippen molar-refractivity contribution < 1.29 is 0 Å². The summed E-state index contributed by atoms with van der Waals surface area (Å²) in [6, 6.07) is 2.83. The fourth-order valence-electron chi connectivity index (χ4n) is 2.47. The zero-order chi connectivity index (χ0) is 12.3. The first kappa shape index (κ1) is 12.9. The van der Waals surface area contributed by atoms with Gasteiger partial charge in [-0.05, 0) is 30.9 Å². The van der Waals surface area contributed by atoms with E-state index in [9.17, 15) is 0 Å². The van der Waals surface area contributed by atoms with Crippen LogP contribution in [-0.4, -0.2) is 50.7 Å². The van der Waals surface area contributed by atoms with Gasteiger partial charge in [0.05, 0.1) is 5.00 Å². The van der Waals surface area contributed by atoms with Crippen LogP contribution in [0.2, 0.25) is 0 Å². The molecule has 0 aromatic carbocycles. The molecule has 2 rings (SSSR count). The van der Waals surface area contributed by atoms with Gasteiger partial charge in [0, 0.05) is 45.8 Å². The molecule has 1 atom stereocenters. The van der Waals surface area contributed by atoms with Crippen molar-refractivity contribution in [1.82, 2.24) is 10.2 Å². The molecule has 0 saturated carbocycles. The molecular weight excluding hydrogens is 230 g/mol. The zero-order valence-electron chi connectivity index (χ0n) is 11.1. The van der Waals surface area contributed by atoms with Gasteiger partial charge in [0.1, 0.15) is 0 Å². The van der Waals surface area contributed by atoms with E-state index in [4.69, 9.17) is 0 Å². The molecule has 17 heavy (non-hydrogen) atoms. The summed E-state index contributed by atoms with van der Waals surface area (Å²) in [6.07, 6.45) is 0. The molecule has 0 spiro atoms. The molecule has 1 fully saturated rings. The smallest absolute Gasteiger partial charge is 0.0936 e. The predicted octanol–water partition coefficient (Wildman–Crippen LogP) is 1.79. The number of piperazine rings is 1. The second-order valence-corrected chi connectivity index (χ2v) is 5.82. The van der Waals surface area contributed by atoms with E-state index in [1.165, 1.54) is 23.7 Å². The van der Waals surface area contributed by atoms with Gasteiger partial charge in [-0.15, -0.1) is 11.3 Å². The number of nitrogens with one attached hydrogen (secondary N) is 1. The maximum Gasteiger partial charge on any atom is 0.0936 e. The van der Waals surface area contributed by atoms with Crippen LogP contribution in [0.3, 0.4) is 0 Å². The molecule has 1 saturated heterocycles. The molecule has 0 bridgehead atoms. The highest BCUT2D eigenvalue weighted by Crippen LogP contribution is 2.26. The number of aryl methyl sites for hydroxylation is 1. The molecule has 0 amide bonds. The Morgan fingerprint density at radius 3 is 2.76 bits per heavy atom. The predicted molar refractivity (Wildman–Crippen MR) is 76.2 cm³/mol. The molecule has 4 heteroatoms. The van der Waals surface area contributed by atoms with E-state index in [2.05, 4.69) is 47.5 Å². The monoisotopic (exact) mass is 253 g/mol. The van der Waals surface area contributed by atoms with Gasteiger partial charge in [0.15, 0.2) is 0 Å². The number of rotatable bonds is 4. The Morgan fingerprint density at radius 1 is 1.47 bits per heavy atom. The van der Waals surface area contributed by atoms with Crippen LogP contribution in [0, 0.1) is 6.92 Å². The maximum atomic E-state index is 3.41. The van der Waals surface area contributed by atoms with Crippen molar-refractivity contribution >= 4 is 16.3 Å². The second kappa shape index (κ2) is 5.85. The van der Waals surface area contributed by atoms with Gasteiger partial charge in [0.2, 0.25) is 0 Å². The van der Waals surface area contributed by atoms with Crippen LogP contribution in [0.1, 0.15) is 12.5 Å². The summed E-state index contributed by atoms with van der Waals surface area (Å²) in [6.45, 7) is 10.3. The highest BCUT2D eigenvalue weighted by atomic mass is 32.1. The Balaban J connectivity index is 1.89. The van der Waals surface area contributed by atoms with Crippen LogP contribution in [0.15, 0.2) is 11.4 Å². The summed E-state index contributed by atoms with van der Waals surface area (Å²) in [7, 11) is 2.21. The minimum absolute atomic E-state index is 0.628. The number of hydrogen-bond acceptors (Lipinski definition) is 4. The lowest BCUT2D eigenvalue weighted by Crippen LogP contribution is -2.50. The lowest BCUT2D eigenvalue weighted by Gasteiger charge is -2.35. The molecule has 0 aliphatic carbocycles. The molecule has 2 heterocycles. The topological polar surface area (TPSA) is 18.5 Å². The van der Waals surface area contributed by atoms with Crippen molar-refractivity contribution in [1.29, 1.82) is 0 Å². The molecular formula is C13H23N3S. The van der Waals surface area contributed by atoms with E-state index in [0.717, 1.165) is 19.6 Å². The lowest BCUT2D eigenvalue weighted by molar-refractivity contribution is 0.187. The zero-order valence-corrected chi connectivity index (χ0v) is 11.9. The van der Waals surface area contributed by atoms with E-state index < -0.39 is 0 Å². The fourth-order valence-corrected chi connectivity index (χ4v) is 3.38. The number of thiophene rings is 1. The molecule has 1 aromatic rings. The summed E-state index contributed by atoms with van der Waals surface area (Å²) in [5.41, 5.74) is 1.39. The van der Waals surface area contributed by atoms with Gasteiger partial charge in [-0.3, -0.25) is 4.90 Å². The van der Waals surface area contributed by atoms with Crippen molar-refractivity contribution in [2.45, 2.75) is 19.9 Å². The quantitative estimate of drug-likeness (QED) is 0.882. The summed E-state index contributed by atoms with van der Waals surface area (Å²) < 4.78 is 0. The highest BCUT2D eigenvalue weighted by molar-refractivity contribution is 7.14. The first-order valence-corrected chi connectivity index (χ1v) is 7.26. The molecule has 96 valence electrons. The maximum absolute atomic E-state index is 3.41. The molecule has 0 radical (unpaired) electrons. The van der Waals surface area contributed by atoms with E-state index >= 15 is 0 Å². The third kappa shape index (κ3) is 3.21. The van der Waals surface area contributed by atoms with Gasteiger partial charge in [-0.2, -0.15) is 0 Å². The largest absolute Gasteiger partial charge is 0.365 e. The van der Waals surface area contributed by atoms with Gasteiger partial charge in [-0.25, -0.2) is 0 Å². The van der Waals surface area contributed by atoms with Gasteiger partial charge in [-0.1, -0.05) is 0 Å². The van der Waals surface area contributed by atoms with Crippen molar-refractivity contribution in [2.24, 2.45) is 0 Å². The standard InChI is InChI=1S/C13H23N3S/c1-11-4-9-17-13(11)15(3)10-12(2)16-7-5-14-6-8-16/h4,9,12,14H,5-8,10H2,1-3H3. The van der Waals surface area contributed by atoms with Crippen molar-refractivity contribution in [3.63, 3.8) is 0 Å². The van der Waals surface area contributed by atoms with Crippen molar-refractivity contribution in [3.8, 4) is 0 Å². The van der Waals surface area contributed by atoms with E-state index in [1.54, 1.807) is 0 Å². The van der Waals surface area contributed by atoms with Crippen LogP contribution in [0.4, 0.5) is 5.00 Å². The molecule has 1 N–H and O–H groups in total. The average Bonchev–Trinajstić information content (AvgIpc) is 2.76. The summed E-state index contributed by atoms with van der Waals surface area (Å²) in [4.78, 5) is 4.97. The number of likely N-dealkylation sites (N-methyl/N-ethyl adjacent to an activating group) is 1. The van der Waals surface area contributed by atoms with Crippen LogP contribution in [-0.2, 0) is 0 Å². The Morgan fingerprint density at radius 2 is 2.18 bits per heavy atom.